The predicted molar refractivity (Wildman–Crippen MR) is 64.5 cm³/mol. The van der Waals surface area contributed by atoms with Crippen molar-refractivity contribution in [1.82, 2.24) is 5.32 Å². The summed E-state index contributed by atoms with van der Waals surface area (Å²) in [4.78, 5) is 21.9. The molecule has 0 saturated carbocycles. The number of aliphatic carboxylic acids is 1. The van der Waals surface area contributed by atoms with Crippen LogP contribution >= 0.6 is 0 Å². The van der Waals surface area contributed by atoms with Gasteiger partial charge in [0.2, 0.25) is 5.91 Å². The highest BCUT2D eigenvalue weighted by atomic mass is 19.1. The zero-order chi connectivity index (χ0) is 14.4. The van der Waals surface area contributed by atoms with E-state index in [0.29, 0.717) is 0 Å². The smallest absolute Gasteiger partial charge is 0.303 e. The first kappa shape index (κ1) is 15.1. The van der Waals surface area contributed by atoms with E-state index in [-0.39, 0.29) is 30.9 Å². The first-order valence-electron chi connectivity index (χ1n) is 5.81. The molecular formula is C13H15F2NO3. The maximum atomic E-state index is 13.3. The Bertz CT molecular complexity index is 477. The Kier molecular flexibility index (Phi) is 5.41. The molecule has 0 heterocycles. The maximum Gasteiger partial charge on any atom is 0.303 e. The molecule has 1 aromatic carbocycles. The molecule has 0 bridgehead atoms. The Morgan fingerprint density at radius 2 is 2.05 bits per heavy atom. The summed E-state index contributed by atoms with van der Waals surface area (Å²) in [6, 6.07) is 3.01. The molecule has 4 nitrogen and oxygen atoms in total. The number of benzene rings is 1. The van der Waals surface area contributed by atoms with Gasteiger partial charge in [0.15, 0.2) is 0 Å². The van der Waals surface area contributed by atoms with Crippen molar-refractivity contribution in [3.8, 4) is 0 Å². The van der Waals surface area contributed by atoms with E-state index < -0.39 is 23.5 Å². The predicted octanol–water partition coefficient (Wildman–Crippen LogP) is 1.73. The lowest BCUT2D eigenvalue weighted by molar-refractivity contribution is -0.138. The number of amides is 1. The number of carboxylic acid groups (broad SMARTS) is 1. The third-order valence-corrected chi connectivity index (χ3v) is 2.54. The molecule has 0 aliphatic rings. The number of hydrogen-bond donors (Lipinski definition) is 2. The second-order valence-electron chi connectivity index (χ2n) is 4.42. The minimum absolute atomic E-state index is 0.0504. The molecule has 1 atom stereocenters. The van der Waals surface area contributed by atoms with E-state index in [9.17, 15) is 18.4 Å². The van der Waals surface area contributed by atoms with Gasteiger partial charge in [0.05, 0.1) is 6.42 Å². The van der Waals surface area contributed by atoms with E-state index in [2.05, 4.69) is 5.32 Å². The van der Waals surface area contributed by atoms with Gasteiger partial charge in [-0.25, -0.2) is 8.78 Å². The van der Waals surface area contributed by atoms with Gasteiger partial charge in [-0.15, -0.1) is 0 Å². The summed E-state index contributed by atoms with van der Waals surface area (Å²) in [6.07, 6.45) is -0.253. The molecule has 1 amide bonds. The fourth-order valence-electron chi connectivity index (χ4n) is 1.56. The van der Waals surface area contributed by atoms with Crippen LogP contribution in [0.2, 0.25) is 0 Å². The third kappa shape index (κ3) is 5.46. The van der Waals surface area contributed by atoms with Crippen molar-refractivity contribution in [2.45, 2.75) is 19.8 Å². The van der Waals surface area contributed by atoms with E-state index in [4.69, 9.17) is 5.11 Å². The zero-order valence-corrected chi connectivity index (χ0v) is 10.5. The number of hydrogen-bond acceptors (Lipinski definition) is 2. The summed E-state index contributed by atoms with van der Waals surface area (Å²) in [6.45, 7) is 1.89. The van der Waals surface area contributed by atoms with Crippen molar-refractivity contribution in [1.29, 1.82) is 0 Å². The quantitative estimate of drug-likeness (QED) is 0.828. The third-order valence-electron chi connectivity index (χ3n) is 2.54. The van der Waals surface area contributed by atoms with Crippen LogP contribution in [0.15, 0.2) is 18.2 Å². The zero-order valence-electron chi connectivity index (χ0n) is 10.5. The molecule has 0 aliphatic carbocycles. The lowest BCUT2D eigenvalue weighted by Crippen LogP contribution is -2.30. The molecular weight excluding hydrogens is 256 g/mol. The summed E-state index contributed by atoms with van der Waals surface area (Å²) in [5.74, 6) is -3.04. The monoisotopic (exact) mass is 271 g/mol. The van der Waals surface area contributed by atoms with Crippen LogP contribution in [0.3, 0.4) is 0 Å². The molecule has 0 radical (unpaired) electrons. The number of rotatable bonds is 6. The Balaban J connectivity index is 2.45. The number of carbonyl (C=O) groups is 2. The Morgan fingerprint density at radius 1 is 1.37 bits per heavy atom. The summed E-state index contributed by atoms with van der Waals surface area (Å²) in [5, 5.41) is 11.1. The van der Waals surface area contributed by atoms with Crippen LogP contribution in [0.1, 0.15) is 18.9 Å². The van der Waals surface area contributed by atoms with Gasteiger partial charge in [0.1, 0.15) is 11.6 Å². The molecule has 0 spiro atoms. The summed E-state index contributed by atoms with van der Waals surface area (Å²) in [7, 11) is 0. The van der Waals surface area contributed by atoms with Crippen LogP contribution in [0.4, 0.5) is 8.78 Å². The molecule has 2 N–H and O–H groups in total. The lowest BCUT2D eigenvalue weighted by Gasteiger charge is -2.10. The topological polar surface area (TPSA) is 66.4 Å². The highest BCUT2D eigenvalue weighted by Gasteiger charge is 2.12. The summed E-state index contributed by atoms with van der Waals surface area (Å²) >= 11 is 0. The van der Waals surface area contributed by atoms with Gasteiger partial charge in [0, 0.05) is 19.0 Å². The van der Waals surface area contributed by atoms with Crippen molar-refractivity contribution >= 4 is 11.9 Å². The molecule has 104 valence electrons. The number of nitrogens with one attached hydrogen (secondary N) is 1. The average Bonchev–Trinajstić information content (AvgIpc) is 2.29. The van der Waals surface area contributed by atoms with E-state index in [1.807, 2.05) is 0 Å². The Morgan fingerprint density at radius 3 is 2.63 bits per heavy atom. The Hall–Kier alpha value is -1.98. The van der Waals surface area contributed by atoms with Crippen molar-refractivity contribution in [2.75, 3.05) is 6.54 Å². The molecule has 19 heavy (non-hydrogen) atoms. The second-order valence-corrected chi connectivity index (χ2v) is 4.42. The number of halogens is 2. The molecule has 1 unspecified atom stereocenters. The van der Waals surface area contributed by atoms with Gasteiger partial charge in [-0.3, -0.25) is 9.59 Å². The van der Waals surface area contributed by atoms with Crippen molar-refractivity contribution in [2.24, 2.45) is 5.92 Å². The Labute approximate surface area is 109 Å². The van der Waals surface area contributed by atoms with E-state index >= 15 is 0 Å². The van der Waals surface area contributed by atoms with Crippen LogP contribution < -0.4 is 5.32 Å². The van der Waals surface area contributed by atoms with Gasteiger partial charge >= 0.3 is 5.97 Å². The summed E-state index contributed by atoms with van der Waals surface area (Å²) < 4.78 is 25.9. The SMILES string of the molecule is CC(CNC(=O)Cc1ccc(F)cc1F)CC(=O)O. The molecule has 6 heteroatoms. The minimum atomic E-state index is -0.939. The van der Waals surface area contributed by atoms with Crippen molar-refractivity contribution < 1.29 is 23.5 Å². The second kappa shape index (κ2) is 6.82. The van der Waals surface area contributed by atoms with Gasteiger partial charge < -0.3 is 10.4 Å². The van der Waals surface area contributed by atoms with E-state index in [0.717, 1.165) is 12.1 Å². The van der Waals surface area contributed by atoms with Crippen LogP contribution in [0.25, 0.3) is 0 Å². The minimum Gasteiger partial charge on any atom is -0.481 e. The molecule has 0 fully saturated rings. The van der Waals surface area contributed by atoms with Gasteiger partial charge in [-0.1, -0.05) is 13.0 Å². The van der Waals surface area contributed by atoms with Crippen molar-refractivity contribution in [3.05, 3.63) is 35.4 Å². The number of carboxylic acids is 1. The van der Waals surface area contributed by atoms with Gasteiger partial charge in [-0.05, 0) is 17.5 Å². The lowest BCUT2D eigenvalue weighted by atomic mass is 10.1. The van der Waals surface area contributed by atoms with Crippen LogP contribution in [-0.2, 0) is 16.0 Å². The maximum absolute atomic E-state index is 13.3. The largest absolute Gasteiger partial charge is 0.481 e. The van der Waals surface area contributed by atoms with Gasteiger partial charge in [0.25, 0.3) is 0 Å². The van der Waals surface area contributed by atoms with Crippen LogP contribution in [0.5, 0.6) is 0 Å². The highest BCUT2D eigenvalue weighted by molar-refractivity contribution is 5.78. The summed E-state index contributed by atoms with van der Waals surface area (Å²) in [5.41, 5.74) is 0.102. The van der Waals surface area contributed by atoms with Gasteiger partial charge in [-0.2, -0.15) is 0 Å². The molecule has 0 aromatic heterocycles. The normalized spacial score (nSPS) is 11.9. The average molecular weight is 271 g/mol. The van der Waals surface area contributed by atoms with E-state index in [1.54, 1.807) is 6.92 Å². The van der Waals surface area contributed by atoms with Crippen molar-refractivity contribution in [3.63, 3.8) is 0 Å². The van der Waals surface area contributed by atoms with E-state index in [1.165, 1.54) is 6.07 Å². The molecule has 1 rings (SSSR count). The fraction of sp³-hybridized carbons (Fsp3) is 0.385. The number of carbonyl (C=O) groups excluding carboxylic acids is 1. The first-order valence-corrected chi connectivity index (χ1v) is 5.81. The first-order chi connectivity index (χ1) is 8.88. The molecule has 0 aliphatic heterocycles. The van der Waals surface area contributed by atoms with Crippen LogP contribution in [0, 0.1) is 17.6 Å². The standard InChI is InChI=1S/C13H15F2NO3/c1-8(4-13(18)19)7-16-12(17)5-9-2-3-10(14)6-11(9)15/h2-3,6,8H,4-5,7H2,1H3,(H,16,17)(H,18,19). The fourth-order valence-corrected chi connectivity index (χ4v) is 1.56. The molecule has 0 saturated heterocycles. The van der Waals surface area contributed by atoms with Crippen LogP contribution in [-0.4, -0.2) is 23.5 Å². The molecule has 1 aromatic rings. The highest BCUT2D eigenvalue weighted by Crippen LogP contribution is 2.10.